The van der Waals surface area contributed by atoms with E-state index in [1.165, 1.54) is 44.1 Å². The highest BCUT2D eigenvalue weighted by molar-refractivity contribution is 6.37. The lowest BCUT2D eigenvalue weighted by molar-refractivity contribution is 0.117. The first-order chi connectivity index (χ1) is 12.8. The Labute approximate surface area is 166 Å². The van der Waals surface area contributed by atoms with Gasteiger partial charge in [0.25, 0.3) is 0 Å². The second kappa shape index (κ2) is 11.1. The molecule has 0 nitrogen and oxygen atoms in total. The molecule has 3 rings (SSSR count). The SMILES string of the molecule is CCC=CC1CCC(C2CCC([C@H]3CC[C@H]([SiH2]CCC)CC3)CC2)CC1. The average molecular weight is 375 g/mol. The molecule has 0 aromatic carbocycles. The zero-order valence-corrected chi connectivity index (χ0v) is 19.3. The van der Waals surface area contributed by atoms with Crippen molar-refractivity contribution in [1.82, 2.24) is 0 Å². The van der Waals surface area contributed by atoms with E-state index in [2.05, 4.69) is 26.0 Å². The van der Waals surface area contributed by atoms with Crippen LogP contribution in [-0.4, -0.2) is 9.52 Å². The maximum absolute atomic E-state index is 2.52. The van der Waals surface area contributed by atoms with E-state index in [-0.39, 0.29) is 9.52 Å². The molecule has 0 radical (unpaired) electrons. The minimum atomic E-state index is 0.278. The quantitative estimate of drug-likeness (QED) is 0.319. The third-order valence-electron chi connectivity index (χ3n) is 8.47. The third kappa shape index (κ3) is 5.98. The number of allylic oxidation sites excluding steroid dienone is 2. The van der Waals surface area contributed by atoms with Gasteiger partial charge in [-0.15, -0.1) is 0 Å². The van der Waals surface area contributed by atoms with Crippen LogP contribution in [0.1, 0.15) is 104 Å². The monoisotopic (exact) mass is 374 g/mol. The molecule has 0 unspecified atom stereocenters. The van der Waals surface area contributed by atoms with Crippen LogP contribution in [0.25, 0.3) is 0 Å². The van der Waals surface area contributed by atoms with Crippen LogP contribution in [0.4, 0.5) is 0 Å². The van der Waals surface area contributed by atoms with Gasteiger partial charge in [-0.25, -0.2) is 0 Å². The summed E-state index contributed by atoms with van der Waals surface area (Å²) < 4.78 is 0. The third-order valence-corrected chi connectivity index (χ3v) is 11.2. The van der Waals surface area contributed by atoms with Crippen molar-refractivity contribution in [2.75, 3.05) is 0 Å². The van der Waals surface area contributed by atoms with Gasteiger partial charge in [0.2, 0.25) is 0 Å². The molecular formula is C25H46Si. The molecule has 0 amide bonds. The normalized spacial score (nSPS) is 39.8. The van der Waals surface area contributed by atoms with Crippen LogP contribution in [-0.2, 0) is 0 Å². The predicted octanol–water partition coefficient (Wildman–Crippen LogP) is 7.54. The minimum Gasteiger partial charge on any atom is -0.0885 e. The standard InChI is InChI=1S/C25H46Si/c1-3-5-6-20-7-9-21(10-8-20)22-11-13-23(14-12-22)24-15-17-25(18-16-24)26-19-4-2/h5-6,20-25H,3-4,7-19,26H2,1-2H3/t20?,21?,22?,23?,24-,25-. The van der Waals surface area contributed by atoms with E-state index < -0.39 is 0 Å². The fraction of sp³-hybridized carbons (Fsp3) is 0.920. The largest absolute Gasteiger partial charge is 0.0885 e. The lowest BCUT2D eigenvalue weighted by atomic mass is 9.65. The second-order valence-corrected chi connectivity index (χ2v) is 12.5. The van der Waals surface area contributed by atoms with Crippen molar-refractivity contribution in [3.05, 3.63) is 12.2 Å². The molecular weight excluding hydrogens is 328 g/mol. The van der Waals surface area contributed by atoms with E-state index in [1.807, 2.05) is 0 Å². The lowest BCUT2D eigenvalue weighted by Gasteiger charge is -2.41. The Morgan fingerprint density at radius 2 is 1.12 bits per heavy atom. The van der Waals surface area contributed by atoms with Gasteiger partial charge in [0.15, 0.2) is 0 Å². The summed E-state index contributed by atoms with van der Waals surface area (Å²) in [4.78, 5) is 0. The first-order valence-electron chi connectivity index (χ1n) is 12.5. The fourth-order valence-electron chi connectivity index (χ4n) is 6.67. The average Bonchev–Trinajstić information content (AvgIpc) is 2.72. The van der Waals surface area contributed by atoms with E-state index in [9.17, 15) is 0 Å². The van der Waals surface area contributed by atoms with Crippen molar-refractivity contribution >= 4 is 9.52 Å². The van der Waals surface area contributed by atoms with Crippen LogP contribution in [0.2, 0.25) is 11.6 Å². The molecule has 0 aromatic rings. The molecule has 0 aromatic heterocycles. The van der Waals surface area contributed by atoms with Gasteiger partial charge >= 0.3 is 0 Å². The molecule has 150 valence electrons. The van der Waals surface area contributed by atoms with Crippen molar-refractivity contribution in [3.63, 3.8) is 0 Å². The number of rotatable bonds is 7. The highest BCUT2D eigenvalue weighted by atomic mass is 28.2. The van der Waals surface area contributed by atoms with Crippen LogP contribution in [0.5, 0.6) is 0 Å². The smallest absolute Gasteiger partial charge is 0.0231 e. The van der Waals surface area contributed by atoms with Crippen molar-refractivity contribution < 1.29 is 0 Å². The van der Waals surface area contributed by atoms with Crippen LogP contribution < -0.4 is 0 Å². The molecule has 3 fully saturated rings. The van der Waals surface area contributed by atoms with Gasteiger partial charge in [0.1, 0.15) is 0 Å². The van der Waals surface area contributed by atoms with Crippen LogP contribution in [0.3, 0.4) is 0 Å². The Kier molecular flexibility index (Phi) is 8.81. The van der Waals surface area contributed by atoms with Gasteiger partial charge in [-0.3, -0.25) is 0 Å². The molecule has 0 aliphatic heterocycles. The zero-order valence-electron chi connectivity index (χ0n) is 17.9. The van der Waals surface area contributed by atoms with Crippen LogP contribution in [0.15, 0.2) is 12.2 Å². The molecule has 0 N–H and O–H groups in total. The summed E-state index contributed by atoms with van der Waals surface area (Å²) in [7, 11) is 0.278. The summed E-state index contributed by atoms with van der Waals surface area (Å²) in [6.45, 7) is 4.64. The lowest BCUT2D eigenvalue weighted by Crippen LogP contribution is -2.29. The van der Waals surface area contributed by atoms with E-state index in [0.29, 0.717) is 0 Å². The highest BCUT2D eigenvalue weighted by Gasteiger charge is 2.34. The number of hydrogen-bond acceptors (Lipinski definition) is 0. The molecule has 3 saturated carbocycles. The van der Waals surface area contributed by atoms with Crippen LogP contribution >= 0.6 is 0 Å². The van der Waals surface area contributed by atoms with Gasteiger partial charge < -0.3 is 0 Å². The first kappa shape index (κ1) is 20.7. The Morgan fingerprint density at radius 3 is 1.58 bits per heavy atom. The molecule has 0 saturated heterocycles. The van der Waals surface area contributed by atoms with E-state index >= 15 is 0 Å². The Balaban J connectivity index is 1.34. The molecule has 1 heteroatoms. The van der Waals surface area contributed by atoms with Crippen molar-refractivity contribution in [2.24, 2.45) is 29.6 Å². The zero-order chi connectivity index (χ0) is 18.2. The highest BCUT2D eigenvalue weighted by Crippen LogP contribution is 2.46. The van der Waals surface area contributed by atoms with E-state index in [4.69, 9.17) is 0 Å². The molecule has 3 aliphatic rings. The Hall–Kier alpha value is -0.0431. The molecule has 0 atom stereocenters. The van der Waals surface area contributed by atoms with Gasteiger partial charge in [-0.1, -0.05) is 69.7 Å². The summed E-state index contributed by atoms with van der Waals surface area (Å²) in [6.07, 6.45) is 26.4. The van der Waals surface area contributed by atoms with E-state index in [1.54, 1.807) is 57.4 Å². The van der Waals surface area contributed by atoms with Crippen molar-refractivity contribution in [2.45, 2.75) is 115 Å². The molecule has 0 heterocycles. The molecule has 0 bridgehead atoms. The second-order valence-electron chi connectivity index (χ2n) is 10.1. The van der Waals surface area contributed by atoms with E-state index in [0.717, 1.165) is 29.6 Å². The van der Waals surface area contributed by atoms with Crippen molar-refractivity contribution in [3.8, 4) is 0 Å². The van der Waals surface area contributed by atoms with Crippen LogP contribution in [0, 0.1) is 29.6 Å². The topological polar surface area (TPSA) is 0 Å². The molecule has 26 heavy (non-hydrogen) atoms. The predicted molar refractivity (Wildman–Crippen MR) is 120 cm³/mol. The van der Waals surface area contributed by atoms with Gasteiger partial charge in [0, 0.05) is 9.52 Å². The number of hydrogen-bond donors (Lipinski definition) is 0. The molecule has 3 aliphatic carbocycles. The summed E-state index contributed by atoms with van der Waals surface area (Å²) >= 11 is 0. The minimum absolute atomic E-state index is 0.278. The maximum Gasteiger partial charge on any atom is 0.0231 e. The summed E-state index contributed by atoms with van der Waals surface area (Å²) in [5.74, 6) is 5.32. The summed E-state index contributed by atoms with van der Waals surface area (Å²) in [6, 6.07) is 1.61. The first-order valence-corrected chi connectivity index (χ1v) is 14.3. The summed E-state index contributed by atoms with van der Waals surface area (Å²) in [5, 5.41) is 0. The summed E-state index contributed by atoms with van der Waals surface area (Å²) in [5.41, 5.74) is 1.22. The molecule has 0 spiro atoms. The van der Waals surface area contributed by atoms with Gasteiger partial charge in [-0.05, 0) is 87.4 Å². The maximum atomic E-state index is 2.52. The van der Waals surface area contributed by atoms with Gasteiger partial charge in [-0.2, -0.15) is 0 Å². The Morgan fingerprint density at radius 1 is 0.654 bits per heavy atom. The van der Waals surface area contributed by atoms with Crippen molar-refractivity contribution in [1.29, 1.82) is 0 Å². The Bertz CT molecular complexity index is 390. The van der Waals surface area contributed by atoms with Gasteiger partial charge in [0.05, 0.1) is 0 Å². The fourth-order valence-corrected chi connectivity index (χ4v) is 8.70.